The van der Waals surface area contributed by atoms with Crippen molar-refractivity contribution in [3.63, 3.8) is 0 Å². The molecule has 2 aliphatic carbocycles. The fraction of sp³-hybridized carbons (Fsp3) is 0.102. The van der Waals surface area contributed by atoms with E-state index in [1.54, 1.807) is 0 Å². The fourth-order valence-corrected chi connectivity index (χ4v) is 8.92. The van der Waals surface area contributed by atoms with E-state index in [1.165, 1.54) is 32.9 Å². The van der Waals surface area contributed by atoms with Crippen molar-refractivity contribution < 1.29 is 0 Å². The molecule has 52 heavy (non-hydrogen) atoms. The van der Waals surface area contributed by atoms with Gasteiger partial charge in [0.1, 0.15) is 0 Å². The summed E-state index contributed by atoms with van der Waals surface area (Å²) in [6.45, 7) is 4.80. The molecule has 2 unspecified atom stereocenters. The summed E-state index contributed by atoms with van der Waals surface area (Å²) in [6, 6.07) is 52.0. The van der Waals surface area contributed by atoms with Gasteiger partial charge in [0.15, 0.2) is 0 Å². The van der Waals surface area contributed by atoms with Crippen LogP contribution in [0, 0.1) is 17.2 Å². The first kappa shape index (κ1) is 30.3. The fourth-order valence-electron chi connectivity index (χ4n) is 8.92. The van der Waals surface area contributed by atoms with Gasteiger partial charge in [-0.3, -0.25) is 0 Å². The number of aromatic nitrogens is 2. The van der Waals surface area contributed by atoms with Gasteiger partial charge in [0.05, 0.1) is 33.9 Å². The third-order valence-corrected chi connectivity index (χ3v) is 11.5. The van der Waals surface area contributed by atoms with Crippen LogP contribution in [0.2, 0.25) is 0 Å². The summed E-state index contributed by atoms with van der Waals surface area (Å²) in [6.07, 6.45) is 9.19. The van der Waals surface area contributed by atoms with E-state index in [0.29, 0.717) is 17.4 Å². The molecule has 0 spiro atoms. The topological polar surface area (TPSA) is 41.6 Å². The van der Waals surface area contributed by atoms with Crippen molar-refractivity contribution in [2.75, 3.05) is 0 Å². The van der Waals surface area contributed by atoms with Gasteiger partial charge in [-0.2, -0.15) is 5.26 Å². The zero-order valence-corrected chi connectivity index (χ0v) is 29.1. The highest BCUT2D eigenvalue weighted by atomic mass is 15.0. The number of nitriles is 1. The standard InChI is InChI=1S/C49H35N3/c1-49(2)43-20-9-6-17-37(43)41-29-48-42(27-44(41)49)39-19-8-11-22-47(39)52(48)36-25-34(33-16-12-13-31(23-33)30-50)24-35(26-36)46-28-40(32-14-4-3-5-15-32)38-18-7-10-21-45(38)51-46/h3-29,37,43H,1-2H3. The smallest absolute Gasteiger partial charge is 0.0991 e. The first-order valence-electron chi connectivity index (χ1n) is 18.0. The zero-order chi connectivity index (χ0) is 35.0. The molecule has 0 saturated heterocycles. The van der Waals surface area contributed by atoms with E-state index in [-0.39, 0.29) is 5.41 Å². The van der Waals surface area contributed by atoms with Crippen LogP contribution in [0.5, 0.6) is 0 Å². The van der Waals surface area contributed by atoms with Gasteiger partial charge in [-0.1, -0.05) is 117 Å². The molecule has 246 valence electrons. The first-order valence-corrected chi connectivity index (χ1v) is 18.0. The molecule has 3 nitrogen and oxygen atoms in total. The summed E-state index contributed by atoms with van der Waals surface area (Å²) in [5.41, 5.74) is 14.2. The van der Waals surface area contributed by atoms with E-state index in [1.807, 2.05) is 18.2 Å². The van der Waals surface area contributed by atoms with E-state index < -0.39 is 0 Å². The number of para-hydroxylation sites is 2. The van der Waals surface area contributed by atoms with E-state index in [4.69, 9.17) is 4.98 Å². The number of fused-ring (bicyclic) bond motifs is 7. The first-order chi connectivity index (χ1) is 25.5. The maximum atomic E-state index is 9.85. The van der Waals surface area contributed by atoms with Crippen LogP contribution in [0.1, 0.15) is 36.5 Å². The Kier molecular flexibility index (Phi) is 6.72. The molecule has 2 heterocycles. The minimum absolute atomic E-state index is 0.0235. The highest BCUT2D eigenvalue weighted by Gasteiger charge is 2.44. The molecule has 8 aromatic rings. The Bertz CT molecular complexity index is 2840. The predicted octanol–water partition coefficient (Wildman–Crippen LogP) is 12.3. The van der Waals surface area contributed by atoms with Crippen molar-refractivity contribution in [2.45, 2.75) is 25.2 Å². The van der Waals surface area contributed by atoms with E-state index in [2.05, 4.69) is 170 Å². The summed E-state index contributed by atoms with van der Waals surface area (Å²) in [5.74, 6) is 0.776. The Balaban J connectivity index is 1.27. The molecule has 10 rings (SSSR count). The van der Waals surface area contributed by atoms with Crippen LogP contribution in [0.3, 0.4) is 0 Å². The van der Waals surface area contributed by atoms with Crippen LogP contribution >= 0.6 is 0 Å². The molecule has 2 atom stereocenters. The van der Waals surface area contributed by atoms with Crippen LogP contribution < -0.4 is 0 Å². The zero-order valence-electron chi connectivity index (χ0n) is 29.1. The van der Waals surface area contributed by atoms with E-state index in [9.17, 15) is 5.26 Å². The second-order valence-electron chi connectivity index (χ2n) is 14.8. The SMILES string of the molecule is CC1(C)c2cc3c4ccccc4n(-c4cc(-c5cccc(C#N)c5)cc(-c5cc(-c6ccccc6)c6ccccc6n5)c4)c3cc2C2C=CC=CC21. The molecule has 3 heteroatoms. The quantitative estimate of drug-likeness (QED) is 0.188. The van der Waals surface area contributed by atoms with E-state index in [0.717, 1.165) is 50.1 Å². The van der Waals surface area contributed by atoms with Crippen molar-refractivity contribution in [3.05, 3.63) is 181 Å². The highest BCUT2D eigenvalue weighted by molar-refractivity contribution is 6.10. The van der Waals surface area contributed by atoms with Gasteiger partial charge in [0.2, 0.25) is 0 Å². The third-order valence-electron chi connectivity index (χ3n) is 11.5. The number of rotatable bonds is 4. The van der Waals surface area contributed by atoms with Crippen LogP contribution in [-0.4, -0.2) is 9.55 Å². The number of nitrogens with zero attached hydrogens (tertiary/aromatic N) is 3. The Morgan fingerprint density at radius 1 is 0.615 bits per heavy atom. The molecule has 0 radical (unpaired) electrons. The van der Waals surface area contributed by atoms with Crippen LogP contribution in [0.25, 0.3) is 71.9 Å². The molecule has 0 N–H and O–H groups in total. The van der Waals surface area contributed by atoms with Gasteiger partial charge in [0, 0.05) is 33.3 Å². The molecule has 0 bridgehead atoms. The molecule has 0 amide bonds. The van der Waals surface area contributed by atoms with Crippen LogP contribution in [0.15, 0.2) is 164 Å². The van der Waals surface area contributed by atoms with Gasteiger partial charge in [0.25, 0.3) is 0 Å². The average molecular weight is 666 g/mol. The van der Waals surface area contributed by atoms with Crippen molar-refractivity contribution >= 4 is 32.7 Å². The molecule has 2 aromatic heterocycles. The number of pyridine rings is 1. The molecule has 2 aliphatic rings. The van der Waals surface area contributed by atoms with Crippen molar-refractivity contribution in [1.82, 2.24) is 9.55 Å². The van der Waals surface area contributed by atoms with Gasteiger partial charge in [-0.05, 0) is 105 Å². The summed E-state index contributed by atoms with van der Waals surface area (Å²) < 4.78 is 2.44. The second kappa shape index (κ2) is 11.5. The lowest BCUT2D eigenvalue weighted by Crippen LogP contribution is -2.24. The molecule has 6 aromatic carbocycles. The molecular formula is C49H35N3. The Hall–Kier alpha value is -6.50. The summed E-state index contributed by atoms with van der Waals surface area (Å²) in [5, 5.41) is 13.5. The van der Waals surface area contributed by atoms with Gasteiger partial charge < -0.3 is 4.57 Å². The predicted molar refractivity (Wildman–Crippen MR) is 215 cm³/mol. The second-order valence-corrected chi connectivity index (χ2v) is 14.8. The lowest BCUT2D eigenvalue weighted by Gasteiger charge is -2.29. The largest absolute Gasteiger partial charge is 0.309 e. The lowest BCUT2D eigenvalue weighted by atomic mass is 9.74. The van der Waals surface area contributed by atoms with Crippen molar-refractivity contribution in [2.24, 2.45) is 5.92 Å². The lowest BCUT2D eigenvalue weighted by molar-refractivity contribution is 0.394. The number of benzene rings is 6. The number of allylic oxidation sites excluding steroid dienone is 4. The molecule has 0 aliphatic heterocycles. The van der Waals surface area contributed by atoms with Gasteiger partial charge in [-0.15, -0.1) is 0 Å². The number of hydrogen-bond acceptors (Lipinski definition) is 2. The van der Waals surface area contributed by atoms with Crippen LogP contribution in [-0.2, 0) is 5.41 Å². The van der Waals surface area contributed by atoms with Gasteiger partial charge in [-0.25, -0.2) is 4.98 Å². The van der Waals surface area contributed by atoms with E-state index >= 15 is 0 Å². The van der Waals surface area contributed by atoms with Gasteiger partial charge >= 0.3 is 0 Å². The summed E-state index contributed by atoms with van der Waals surface area (Å²) in [4.78, 5) is 5.28. The number of hydrogen-bond donors (Lipinski definition) is 0. The molecular weight excluding hydrogens is 631 g/mol. The maximum absolute atomic E-state index is 9.85. The summed E-state index contributed by atoms with van der Waals surface area (Å²) in [7, 11) is 0. The minimum atomic E-state index is 0.0235. The van der Waals surface area contributed by atoms with Crippen molar-refractivity contribution in [3.8, 4) is 45.3 Å². The Labute approximate surface area is 303 Å². The third kappa shape index (κ3) is 4.61. The Morgan fingerprint density at radius 2 is 1.37 bits per heavy atom. The molecule has 0 saturated carbocycles. The Morgan fingerprint density at radius 3 is 2.23 bits per heavy atom. The van der Waals surface area contributed by atoms with Crippen LogP contribution in [0.4, 0.5) is 0 Å². The maximum Gasteiger partial charge on any atom is 0.0991 e. The van der Waals surface area contributed by atoms with Crippen molar-refractivity contribution in [1.29, 1.82) is 5.26 Å². The minimum Gasteiger partial charge on any atom is -0.309 e. The molecule has 0 fully saturated rings. The highest BCUT2D eigenvalue weighted by Crippen LogP contribution is 2.54. The summed E-state index contributed by atoms with van der Waals surface area (Å²) >= 11 is 0. The monoisotopic (exact) mass is 665 g/mol. The average Bonchev–Trinajstić information content (AvgIpc) is 3.64. The normalized spacial score (nSPS) is 17.0.